The van der Waals surface area contributed by atoms with E-state index in [1.165, 1.54) is 25.7 Å². The molecule has 0 aromatic heterocycles. The second kappa shape index (κ2) is 5.33. The van der Waals surface area contributed by atoms with Crippen molar-refractivity contribution in [1.29, 1.82) is 0 Å². The molecular formula is C13H17ClOS. The number of halogens is 1. The molecular weight excluding hydrogens is 240 g/mol. The van der Waals surface area contributed by atoms with Crippen LogP contribution < -0.4 is 4.74 Å². The van der Waals surface area contributed by atoms with Gasteiger partial charge < -0.3 is 4.74 Å². The topological polar surface area (TPSA) is 9.23 Å². The van der Waals surface area contributed by atoms with Crippen LogP contribution in [-0.2, 0) is 0 Å². The molecule has 0 saturated heterocycles. The zero-order chi connectivity index (χ0) is 11.4. The lowest BCUT2D eigenvalue weighted by Crippen LogP contribution is -2.27. The van der Waals surface area contributed by atoms with Crippen LogP contribution in [0, 0.1) is 5.41 Å². The quantitative estimate of drug-likeness (QED) is 0.794. The van der Waals surface area contributed by atoms with Gasteiger partial charge in [0, 0.05) is 5.41 Å². The van der Waals surface area contributed by atoms with Gasteiger partial charge in [0.2, 0.25) is 0 Å². The van der Waals surface area contributed by atoms with E-state index in [1.54, 1.807) is 0 Å². The third-order valence-electron chi connectivity index (χ3n) is 3.37. The summed E-state index contributed by atoms with van der Waals surface area (Å²) in [5.41, 5.74) is 0.266. The number of hydrogen-bond acceptors (Lipinski definition) is 2. The summed E-state index contributed by atoms with van der Waals surface area (Å²) >= 11 is 10.5. The Morgan fingerprint density at radius 3 is 2.56 bits per heavy atom. The standard InChI is InChI=1S/C13H17ClOS/c14-11-5-1-2-6-12(11)15-9-13(10-16)7-3-4-8-13/h1-2,5-6,16H,3-4,7-10H2. The summed E-state index contributed by atoms with van der Waals surface area (Å²) in [6.07, 6.45) is 5.04. The molecule has 3 heteroatoms. The van der Waals surface area contributed by atoms with Crippen molar-refractivity contribution in [3.8, 4) is 5.75 Å². The van der Waals surface area contributed by atoms with Crippen molar-refractivity contribution in [2.75, 3.05) is 12.4 Å². The zero-order valence-corrected chi connectivity index (χ0v) is 10.9. The third-order valence-corrected chi connectivity index (χ3v) is 4.35. The molecule has 0 amide bonds. The second-order valence-corrected chi connectivity index (χ2v) is 5.31. The predicted molar refractivity (Wildman–Crippen MR) is 71.7 cm³/mol. The predicted octanol–water partition coefficient (Wildman–Crippen LogP) is 4.21. The first kappa shape index (κ1) is 12.1. The van der Waals surface area contributed by atoms with E-state index in [4.69, 9.17) is 16.3 Å². The first-order valence-electron chi connectivity index (χ1n) is 5.74. The van der Waals surface area contributed by atoms with Gasteiger partial charge in [-0.1, -0.05) is 36.6 Å². The van der Waals surface area contributed by atoms with Gasteiger partial charge in [0.25, 0.3) is 0 Å². The Bertz CT molecular complexity index is 348. The van der Waals surface area contributed by atoms with Crippen LogP contribution in [0.2, 0.25) is 5.02 Å². The van der Waals surface area contributed by atoms with Crippen molar-refractivity contribution in [3.05, 3.63) is 29.3 Å². The molecule has 2 rings (SSSR count). The minimum absolute atomic E-state index is 0.266. The van der Waals surface area contributed by atoms with Crippen LogP contribution in [0.15, 0.2) is 24.3 Å². The number of para-hydroxylation sites is 1. The molecule has 0 unspecified atom stereocenters. The fraction of sp³-hybridized carbons (Fsp3) is 0.538. The molecule has 16 heavy (non-hydrogen) atoms. The summed E-state index contributed by atoms with van der Waals surface area (Å²) in [7, 11) is 0. The molecule has 1 saturated carbocycles. The Labute approximate surface area is 108 Å². The van der Waals surface area contributed by atoms with Crippen LogP contribution in [0.5, 0.6) is 5.75 Å². The van der Waals surface area contributed by atoms with Gasteiger partial charge in [-0.05, 0) is 30.7 Å². The number of ether oxygens (including phenoxy) is 1. The van der Waals surface area contributed by atoms with E-state index in [9.17, 15) is 0 Å². The lowest BCUT2D eigenvalue weighted by molar-refractivity contribution is 0.173. The number of rotatable bonds is 4. The smallest absolute Gasteiger partial charge is 0.137 e. The highest BCUT2D eigenvalue weighted by molar-refractivity contribution is 7.80. The lowest BCUT2D eigenvalue weighted by atomic mass is 9.90. The highest BCUT2D eigenvalue weighted by Crippen LogP contribution is 2.39. The molecule has 0 aliphatic heterocycles. The maximum atomic E-state index is 6.05. The maximum absolute atomic E-state index is 6.05. The first-order valence-corrected chi connectivity index (χ1v) is 6.75. The fourth-order valence-corrected chi connectivity index (χ4v) is 2.86. The van der Waals surface area contributed by atoms with E-state index in [-0.39, 0.29) is 5.41 Å². The van der Waals surface area contributed by atoms with Crippen LogP contribution in [0.3, 0.4) is 0 Å². The molecule has 0 heterocycles. The average molecular weight is 257 g/mol. The van der Waals surface area contributed by atoms with E-state index in [2.05, 4.69) is 12.6 Å². The summed E-state index contributed by atoms with van der Waals surface area (Å²) < 4.78 is 5.83. The fourth-order valence-electron chi connectivity index (χ4n) is 2.27. The van der Waals surface area contributed by atoms with E-state index in [1.807, 2.05) is 24.3 Å². The van der Waals surface area contributed by atoms with Crippen molar-refractivity contribution >= 4 is 24.2 Å². The first-order chi connectivity index (χ1) is 7.76. The molecule has 1 fully saturated rings. The normalized spacial score (nSPS) is 18.6. The largest absolute Gasteiger partial charge is 0.491 e. The molecule has 88 valence electrons. The molecule has 0 radical (unpaired) electrons. The van der Waals surface area contributed by atoms with E-state index < -0.39 is 0 Å². The van der Waals surface area contributed by atoms with Crippen molar-refractivity contribution in [1.82, 2.24) is 0 Å². The van der Waals surface area contributed by atoms with Gasteiger partial charge in [-0.25, -0.2) is 0 Å². The van der Waals surface area contributed by atoms with Crippen molar-refractivity contribution in [2.24, 2.45) is 5.41 Å². The minimum atomic E-state index is 0.266. The van der Waals surface area contributed by atoms with Crippen molar-refractivity contribution in [2.45, 2.75) is 25.7 Å². The number of benzene rings is 1. The molecule has 0 N–H and O–H groups in total. The van der Waals surface area contributed by atoms with Gasteiger partial charge in [0.15, 0.2) is 0 Å². The van der Waals surface area contributed by atoms with Crippen LogP contribution in [0.4, 0.5) is 0 Å². The Balaban J connectivity index is 1.98. The summed E-state index contributed by atoms with van der Waals surface area (Å²) in [5.74, 6) is 1.69. The molecule has 1 aliphatic rings. The van der Waals surface area contributed by atoms with Gasteiger partial charge in [0.05, 0.1) is 11.6 Å². The van der Waals surface area contributed by atoms with Crippen molar-refractivity contribution in [3.63, 3.8) is 0 Å². The Kier molecular flexibility index (Phi) is 4.04. The Morgan fingerprint density at radius 1 is 1.25 bits per heavy atom. The number of hydrogen-bond donors (Lipinski definition) is 1. The monoisotopic (exact) mass is 256 g/mol. The lowest BCUT2D eigenvalue weighted by Gasteiger charge is -2.26. The molecule has 1 aliphatic carbocycles. The van der Waals surface area contributed by atoms with E-state index >= 15 is 0 Å². The summed E-state index contributed by atoms with van der Waals surface area (Å²) in [6, 6.07) is 7.64. The zero-order valence-electron chi connectivity index (χ0n) is 9.29. The summed E-state index contributed by atoms with van der Waals surface area (Å²) in [6.45, 7) is 0.736. The average Bonchev–Trinajstić information content (AvgIpc) is 2.78. The molecule has 1 aromatic rings. The molecule has 0 spiro atoms. The second-order valence-electron chi connectivity index (χ2n) is 4.58. The van der Waals surface area contributed by atoms with Crippen LogP contribution in [-0.4, -0.2) is 12.4 Å². The van der Waals surface area contributed by atoms with Gasteiger partial charge >= 0.3 is 0 Å². The Morgan fingerprint density at radius 2 is 1.94 bits per heavy atom. The van der Waals surface area contributed by atoms with Crippen LogP contribution >= 0.6 is 24.2 Å². The summed E-state index contributed by atoms with van der Waals surface area (Å²) in [5, 5.41) is 0.690. The van der Waals surface area contributed by atoms with Gasteiger partial charge in [0.1, 0.15) is 5.75 Å². The van der Waals surface area contributed by atoms with Gasteiger partial charge in [-0.15, -0.1) is 0 Å². The molecule has 0 atom stereocenters. The van der Waals surface area contributed by atoms with Gasteiger partial charge in [-0.2, -0.15) is 12.6 Å². The molecule has 0 bridgehead atoms. The third kappa shape index (κ3) is 2.67. The van der Waals surface area contributed by atoms with Crippen molar-refractivity contribution < 1.29 is 4.74 Å². The minimum Gasteiger partial charge on any atom is -0.491 e. The summed E-state index contributed by atoms with van der Waals surface area (Å²) in [4.78, 5) is 0. The highest BCUT2D eigenvalue weighted by atomic mass is 35.5. The Hall–Kier alpha value is -0.340. The van der Waals surface area contributed by atoms with Gasteiger partial charge in [-0.3, -0.25) is 0 Å². The van der Waals surface area contributed by atoms with E-state index in [0.717, 1.165) is 18.1 Å². The maximum Gasteiger partial charge on any atom is 0.137 e. The van der Waals surface area contributed by atoms with Crippen LogP contribution in [0.25, 0.3) is 0 Å². The molecule has 1 nitrogen and oxygen atoms in total. The van der Waals surface area contributed by atoms with Crippen LogP contribution in [0.1, 0.15) is 25.7 Å². The van der Waals surface area contributed by atoms with E-state index in [0.29, 0.717) is 5.02 Å². The highest BCUT2D eigenvalue weighted by Gasteiger charge is 2.33. The molecule has 1 aromatic carbocycles. The SMILES string of the molecule is SCC1(COc2ccccc2Cl)CCCC1. The number of thiol groups is 1.